The molecule has 30 heavy (non-hydrogen) atoms. The van der Waals surface area contributed by atoms with Gasteiger partial charge in [-0.3, -0.25) is 24.0 Å². The van der Waals surface area contributed by atoms with E-state index in [1.54, 1.807) is 39.2 Å². The van der Waals surface area contributed by atoms with Crippen LogP contribution in [0, 0.1) is 6.92 Å². The van der Waals surface area contributed by atoms with Gasteiger partial charge in [-0.1, -0.05) is 13.3 Å². The van der Waals surface area contributed by atoms with Gasteiger partial charge >= 0.3 is 5.69 Å². The Morgan fingerprint density at radius 3 is 2.67 bits per heavy atom. The number of ether oxygens (including phenoxy) is 1. The lowest BCUT2D eigenvalue weighted by Crippen LogP contribution is -2.41. The second kappa shape index (κ2) is 8.48. The summed E-state index contributed by atoms with van der Waals surface area (Å²) in [6.07, 6.45) is 1.55. The van der Waals surface area contributed by atoms with Gasteiger partial charge in [0.15, 0.2) is 11.4 Å². The van der Waals surface area contributed by atoms with Gasteiger partial charge in [0, 0.05) is 24.0 Å². The van der Waals surface area contributed by atoms with Crippen LogP contribution in [0.2, 0.25) is 0 Å². The van der Waals surface area contributed by atoms with E-state index in [0.717, 1.165) is 11.8 Å². The van der Waals surface area contributed by atoms with Crippen molar-refractivity contribution >= 4 is 28.4 Å². The summed E-state index contributed by atoms with van der Waals surface area (Å²) < 4.78 is 12.3. The molecule has 0 saturated heterocycles. The third kappa shape index (κ3) is 3.58. The van der Waals surface area contributed by atoms with E-state index in [0.29, 0.717) is 29.9 Å². The number of fused-ring (bicyclic) bond motifs is 1. The van der Waals surface area contributed by atoms with Crippen LogP contribution in [-0.2, 0) is 6.54 Å². The van der Waals surface area contributed by atoms with E-state index in [9.17, 15) is 14.4 Å². The number of H-pyrrole nitrogens is 1. The van der Waals surface area contributed by atoms with Crippen LogP contribution in [0.25, 0.3) is 11.0 Å². The van der Waals surface area contributed by atoms with Gasteiger partial charge in [0.25, 0.3) is 11.5 Å². The fraction of sp³-hybridized carbons (Fsp3) is 0.381. The lowest BCUT2D eigenvalue weighted by atomic mass is 10.1. The summed E-state index contributed by atoms with van der Waals surface area (Å²) in [4.78, 5) is 41.6. The van der Waals surface area contributed by atoms with Gasteiger partial charge in [-0.15, -0.1) is 0 Å². The van der Waals surface area contributed by atoms with Gasteiger partial charge in [0.2, 0.25) is 0 Å². The second-order valence-corrected chi connectivity index (χ2v) is 6.97. The van der Waals surface area contributed by atoms with Crippen LogP contribution in [0.5, 0.6) is 5.75 Å². The molecular weight excluding hydrogens is 388 g/mol. The highest BCUT2D eigenvalue weighted by molar-refractivity contribution is 6.09. The van der Waals surface area contributed by atoms with E-state index in [4.69, 9.17) is 14.9 Å². The normalized spacial score (nSPS) is 11.1. The molecule has 0 unspecified atom stereocenters. The number of hydrogen-bond donors (Lipinski definition) is 2. The molecule has 0 saturated carbocycles. The highest BCUT2D eigenvalue weighted by Gasteiger charge is 2.28. The maximum absolute atomic E-state index is 13.3. The molecule has 2 aromatic heterocycles. The lowest BCUT2D eigenvalue weighted by Gasteiger charge is -2.22. The van der Waals surface area contributed by atoms with Crippen LogP contribution < -0.4 is 26.6 Å². The standard InChI is InChI=1S/C21H26N4O5/c1-5-7-10-25-18(22)16(19(26)23-21(25)28)24(6-2)20(27)17-12(3)14-11-13(29-4)8-9-15(14)30-17/h8-9,11H,5-7,10,22H2,1-4H3,(H,23,26,28). The summed E-state index contributed by atoms with van der Waals surface area (Å²) in [5.74, 6) is 0.192. The van der Waals surface area contributed by atoms with Crippen molar-refractivity contribution < 1.29 is 13.9 Å². The van der Waals surface area contributed by atoms with Crippen LogP contribution >= 0.6 is 0 Å². The number of anilines is 2. The first-order chi connectivity index (χ1) is 14.3. The largest absolute Gasteiger partial charge is 0.497 e. The third-order valence-electron chi connectivity index (χ3n) is 5.12. The SMILES string of the molecule is CCCCn1c(N)c(N(CC)C(=O)c2oc3ccc(OC)cc3c2C)c(=O)[nH]c1=O. The van der Waals surface area contributed by atoms with E-state index >= 15 is 0 Å². The first kappa shape index (κ1) is 21.2. The first-order valence-corrected chi connectivity index (χ1v) is 9.85. The van der Waals surface area contributed by atoms with Crippen molar-refractivity contribution in [3.05, 3.63) is 50.4 Å². The Bertz CT molecular complexity index is 1200. The summed E-state index contributed by atoms with van der Waals surface area (Å²) in [6, 6.07) is 5.25. The quantitative estimate of drug-likeness (QED) is 0.613. The molecule has 0 radical (unpaired) electrons. The Morgan fingerprint density at radius 1 is 1.30 bits per heavy atom. The molecule has 0 aliphatic rings. The van der Waals surface area contributed by atoms with Crippen LogP contribution in [0.15, 0.2) is 32.2 Å². The summed E-state index contributed by atoms with van der Waals surface area (Å²) in [5.41, 5.74) is 5.96. The average Bonchev–Trinajstić information content (AvgIpc) is 3.06. The number of aromatic amines is 1. The highest BCUT2D eigenvalue weighted by Crippen LogP contribution is 2.30. The molecule has 9 nitrogen and oxygen atoms in total. The Hall–Kier alpha value is -3.49. The number of benzene rings is 1. The summed E-state index contributed by atoms with van der Waals surface area (Å²) in [5, 5.41) is 0.739. The van der Waals surface area contributed by atoms with E-state index in [1.165, 1.54) is 9.47 Å². The zero-order valence-corrected chi connectivity index (χ0v) is 17.6. The van der Waals surface area contributed by atoms with Crippen molar-refractivity contribution in [3.63, 3.8) is 0 Å². The molecule has 0 fully saturated rings. The second-order valence-electron chi connectivity index (χ2n) is 6.97. The van der Waals surface area contributed by atoms with E-state index in [-0.39, 0.29) is 23.8 Å². The molecule has 0 atom stereocenters. The predicted molar refractivity (Wildman–Crippen MR) is 115 cm³/mol. The van der Waals surface area contributed by atoms with Gasteiger partial charge in [-0.25, -0.2) is 4.79 Å². The number of unbranched alkanes of at least 4 members (excludes halogenated alkanes) is 1. The molecule has 3 rings (SSSR count). The number of hydrogen-bond acceptors (Lipinski definition) is 6. The molecule has 2 heterocycles. The number of nitrogens with two attached hydrogens (primary N) is 1. The minimum absolute atomic E-state index is 0.0390. The number of aromatic nitrogens is 2. The topological polar surface area (TPSA) is 124 Å². The van der Waals surface area contributed by atoms with E-state index < -0.39 is 17.2 Å². The number of methoxy groups -OCH3 is 1. The van der Waals surface area contributed by atoms with Gasteiger partial charge < -0.3 is 14.9 Å². The Labute approximate surface area is 173 Å². The molecular formula is C21H26N4O5. The van der Waals surface area contributed by atoms with Crippen molar-refractivity contribution in [2.45, 2.75) is 40.2 Å². The summed E-state index contributed by atoms with van der Waals surface area (Å²) >= 11 is 0. The van der Waals surface area contributed by atoms with Crippen LogP contribution in [0.1, 0.15) is 42.8 Å². The number of furan rings is 1. The van der Waals surface area contributed by atoms with Crippen LogP contribution in [-0.4, -0.2) is 29.1 Å². The number of nitrogens with zero attached hydrogens (tertiary/aromatic N) is 2. The number of carbonyl (C=O) groups is 1. The Morgan fingerprint density at radius 2 is 2.03 bits per heavy atom. The van der Waals surface area contributed by atoms with Crippen LogP contribution in [0.3, 0.4) is 0 Å². The predicted octanol–water partition coefficient (Wildman–Crippen LogP) is 2.65. The van der Waals surface area contributed by atoms with Gasteiger partial charge in [-0.05, 0) is 38.5 Å². The van der Waals surface area contributed by atoms with Gasteiger partial charge in [0.05, 0.1) is 7.11 Å². The Balaban J connectivity index is 2.12. The number of nitrogens with one attached hydrogen (secondary N) is 1. The smallest absolute Gasteiger partial charge is 0.330 e. The summed E-state index contributed by atoms with van der Waals surface area (Å²) in [6.45, 7) is 5.98. The molecule has 1 amide bonds. The lowest BCUT2D eigenvalue weighted by molar-refractivity contribution is 0.0962. The number of amides is 1. The molecule has 1 aromatic carbocycles. The maximum atomic E-state index is 13.3. The van der Waals surface area contributed by atoms with Crippen LogP contribution in [0.4, 0.5) is 11.5 Å². The molecule has 160 valence electrons. The molecule has 0 bridgehead atoms. The fourth-order valence-corrected chi connectivity index (χ4v) is 3.43. The number of rotatable bonds is 7. The van der Waals surface area contributed by atoms with Crippen molar-refractivity contribution in [1.29, 1.82) is 0 Å². The van der Waals surface area contributed by atoms with Crippen molar-refractivity contribution in [3.8, 4) is 5.75 Å². The van der Waals surface area contributed by atoms with Crippen molar-refractivity contribution in [2.24, 2.45) is 0 Å². The zero-order chi connectivity index (χ0) is 22.0. The van der Waals surface area contributed by atoms with Gasteiger partial charge in [-0.2, -0.15) is 0 Å². The molecule has 0 aliphatic carbocycles. The molecule has 3 N–H and O–H groups in total. The third-order valence-corrected chi connectivity index (χ3v) is 5.12. The van der Waals surface area contributed by atoms with Crippen molar-refractivity contribution in [1.82, 2.24) is 9.55 Å². The van der Waals surface area contributed by atoms with Gasteiger partial charge in [0.1, 0.15) is 17.2 Å². The molecule has 0 spiro atoms. The summed E-state index contributed by atoms with van der Waals surface area (Å²) in [7, 11) is 1.56. The highest BCUT2D eigenvalue weighted by atomic mass is 16.5. The molecule has 3 aromatic rings. The average molecular weight is 414 g/mol. The minimum Gasteiger partial charge on any atom is -0.497 e. The maximum Gasteiger partial charge on any atom is 0.330 e. The number of carbonyl (C=O) groups excluding carboxylic acids is 1. The molecule has 0 aliphatic heterocycles. The molecule has 9 heteroatoms. The number of nitrogen functional groups attached to an aromatic ring is 1. The monoisotopic (exact) mass is 414 g/mol. The van der Waals surface area contributed by atoms with E-state index in [1.807, 2.05) is 6.92 Å². The Kier molecular flexibility index (Phi) is 6.00. The zero-order valence-electron chi connectivity index (χ0n) is 17.6. The first-order valence-electron chi connectivity index (χ1n) is 9.85. The minimum atomic E-state index is -0.712. The number of aryl methyl sites for hydroxylation is 1. The van der Waals surface area contributed by atoms with Crippen molar-refractivity contribution in [2.75, 3.05) is 24.3 Å². The fourth-order valence-electron chi connectivity index (χ4n) is 3.43. The van der Waals surface area contributed by atoms with E-state index in [2.05, 4.69) is 4.98 Å².